The molecule has 1 N–H and O–H groups in total. The highest BCUT2D eigenvalue weighted by atomic mass is 28.4. The van der Waals surface area contributed by atoms with Gasteiger partial charge < -0.3 is 19.0 Å². The normalized spacial score (nSPS) is 12.3. The van der Waals surface area contributed by atoms with Gasteiger partial charge in [-0.3, -0.25) is 4.79 Å². The van der Waals surface area contributed by atoms with Crippen molar-refractivity contribution in [2.45, 2.75) is 105 Å². The Bertz CT molecular complexity index is 1240. The third-order valence-electron chi connectivity index (χ3n) is 8.12. The minimum Gasteiger partial charge on any atom is -0.542 e. The Hall–Kier alpha value is -2.73. The molecule has 0 unspecified atom stereocenters. The number of carbonyl (C=O) groups excluding carboxylic acids is 1. The van der Waals surface area contributed by atoms with E-state index in [0.717, 1.165) is 18.0 Å². The topological polar surface area (TPSA) is 52.5 Å². The zero-order valence-electron chi connectivity index (χ0n) is 25.9. The molecule has 3 aromatic rings. The van der Waals surface area contributed by atoms with Crippen LogP contribution in [-0.4, -0.2) is 32.0 Å². The fourth-order valence-corrected chi connectivity index (χ4v) is 11.6. The maximum Gasteiger partial charge on any atom is 0.307 e. The number of aromatic nitrogens is 1. The van der Waals surface area contributed by atoms with Crippen LogP contribution in [0.25, 0.3) is 10.9 Å². The lowest BCUT2D eigenvalue weighted by Crippen LogP contribution is -2.50. The summed E-state index contributed by atoms with van der Waals surface area (Å²) in [6.45, 7) is 24.3. The Morgan fingerprint density at radius 3 is 2.21 bits per heavy atom. The van der Waals surface area contributed by atoms with Crippen LogP contribution < -0.4 is 9.74 Å². The molecular weight excluding hydrogens is 500 g/mol. The fourth-order valence-electron chi connectivity index (χ4n) is 6.31. The van der Waals surface area contributed by atoms with Crippen LogP contribution in [0.2, 0.25) is 16.6 Å². The molecule has 214 valence electrons. The van der Waals surface area contributed by atoms with Crippen molar-refractivity contribution < 1.29 is 14.0 Å². The smallest absolute Gasteiger partial charge is 0.307 e. The van der Waals surface area contributed by atoms with Crippen LogP contribution in [0.5, 0.6) is 5.75 Å². The monoisotopic (exact) mass is 550 g/mol. The number of rotatable bonds is 13. The van der Waals surface area contributed by atoms with Gasteiger partial charge in [0.2, 0.25) is 0 Å². The Balaban J connectivity index is 1.91. The van der Waals surface area contributed by atoms with Crippen molar-refractivity contribution in [2.75, 3.05) is 18.5 Å². The molecule has 6 heteroatoms. The first kappa shape index (κ1) is 30.8. The summed E-state index contributed by atoms with van der Waals surface area (Å²) in [5.74, 6) is 1.27. The van der Waals surface area contributed by atoms with Gasteiger partial charge >= 0.3 is 5.97 Å². The number of hydrogen-bond donors (Lipinski definition) is 1. The van der Waals surface area contributed by atoms with Crippen LogP contribution in [-0.2, 0) is 16.1 Å². The zero-order valence-corrected chi connectivity index (χ0v) is 26.9. The number of carbonyl (C=O) groups is 1. The van der Waals surface area contributed by atoms with Gasteiger partial charge in [-0.15, -0.1) is 0 Å². The molecule has 5 nitrogen and oxygen atoms in total. The van der Waals surface area contributed by atoms with Gasteiger partial charge in [0.25, 0.3) is 8.32 Å². The maximum atomic E-state index is 11.8. The summed E-state index contributed by atoms with van der Waals surface area (Å²) in [4.78, 5) is 11.8. The molecule has 1 heterocycles. The third kappa shape index (κ3) is 6.71. The van der Waals surface area contributed by atoms with Gasteiger partial charge in [-0.1, -0.05) is 73.6 Å². The first-order valence-electron chi connectivity index (χ1n) is 14.7. The van der Waals surface area contributed by atoms with Gasteiger partial charge in [0.15, 0.2) is 0 Å². The molecule has 0 amide bonds. The van der Waals surface area contributed by atoms with Crippen molar-refractivity contribution in [2.24, 2.45) is 0 Å². The van der Waals surface area contributed by atoms with E-state index in [2.05, 4.69) is 115 Å². The number of nitrogens with one attached hydrogen (secondary N) is 1. The van der Waals surface area contributed by atoms with E-state index in [0.29, 0.717) is 42.1 Å². The SMILES string of the molecule is CCOC(=O)CCNc1ccc(C)c2c1ccn2Cc1ccc(O[Si](C(C)C)(C(C)C)C(C)C)c(C(C)C)c1. The summed E-state index contributed by atoms with van der Waals surface area (Å²) in [7, 11) is -2.04. The van der Waals surface area contributed by atoms with Crippen molar-refractivity contribution in [3.8, 4) is 5.75 Å². The average molecular weight is 551 g/mol. The maximum absolute atomic E-state index is 11.8. The second kappa shape index (κ2) is 13.1. The molecule has 0 spiro atoms. The number of benzene rings is 2. The van der Waals surface area contributed by atoms with Crippen LogP contribution in [0, 0.1) is 6.92 Å². The molecule has 39 heavy (non-hydrogen) atoms. The molecule has 0 radical (unpaired) electrons. The highest BCUT2D eigenvalue weighted by Gasteiger charge is 2.47. The Labute approximate surface area is 237 Å². The Kier molecular flexibility index (Phi) is 10.3. The molecular formula is C33H50N2O3Si. The minimum absolute atomic E-state index is 0.172. The highest BCUT2D eigenvalue weighted by Crippen LogP contribution is 2.44. The minimum atomic E-state index is -2.04. The van der Waals surface area contributed by atoms with Gasteiger partial charge in [-0.25, -0.2) is 0 Å². The van der Waals surface area contributed by atoms with E-state index >= 15 is 0 Å². The van der Waals surface area contributed by atoms with E-state index in [-0.39, 0.29) is 5.97 Å². The predicted molar refractivity (Wildman–Crippen MR) is 168 cm³/mol. The third-order valence-corrected chi connectivity index (χ3v) is 14.1. The van der Waals surface area contributed by atoms with Gasteiger partial charge in [0.05, 0.1) is 18.5 Å². The van der Waals surface area contributed by atoms with Crippen LogP contribution in [0.4, 0.5) is 5.69 Å². The molecule has 0 saturated heterocycles. The number of hydrogen-bond acceptors (Lipinski definition) is 4. The number of fused-ring (bicyclic) bond motifs is 1. The first-order chi connectivity index (χ1) is 18.4. The zero-order chi connectivity index (χ0) is 28.9. The molecule has 0 atom stereocenters. The standard InChI is InChI=1S/C33H50N2O3Si/c1-11-37-32(36)16-18-34-30-14-12-26(10)33-28(30)17-19-35(33)21-27-13-15-31(29(20-27)22(2)3)38-39(23(4)5,24(6)7)25(8)9/h12-15,17,19-20,22-25,34H,11,16,18,21H2,1-10H3. The van der Waals surface area contributed by atoms with Crippen molar-refractivity contribution in [1.29, 1.82) is 0 Å². The second-order valence-electron chi connectivity index (χ2n) is 12.1. The van der Waals surface area contributed by atoms with E-state index < -0.39 is 8.32 Å². The fraction of sp³-hybridized carbons (Fsp3) is 0.545. The lowest BCUT2D eigenvalue weighted by molar-refractivity contribution is -0.142. The Morgan fingerprint density at radius 2 is 1.62 bits per heavy atom. The van der Waals surface area contributed by atoms with Crippen LogP contribution in [0.1, 0.15) is 91.3 Å². The van der Waals surface area contributed by atoms with Gasteiger partial charge in [0, 0.05) is 30.4 Å². The molecule has 1 aromatic heterocycles. The molecule has 3 rings (SSSR count). The molecule has 0 saturated carbocycles. The van der Waals surface area contributed by atoms with Crippen LogP contribution >= 0.6 is 0 Å². The van der Waals surface area contributed by atoms with Crippen molar-refractivity contribution >= 4 is 30.9 Å². The molecule has 2 aromatic carbocycles. The second-order valence-corrected chi connectivity index (χ2v) is 17.4. The molecule has 0 aliphatic carbocycles. The van der Waals surface area contributed by atoms with Crippen molar-refractivity contribution in [1.82, 2.24) is 4.57 Å². The highest BCUT2D eigenvalue weighted by molar-refractivity contribution is 6.78. The lowest BCUT2D eigenvalue weighted by Gasteiger charge is -2.43. The summed E-state index contributed by atoms with van der Waals surface area (Å²) in [6.07, 6.45) is 2.52. The molecule has 0 fully saturated rings. The van der Waals surface area contributed by atoms with Gasteiger partial charge in [-0.05, 0) is 71.3 Å². The summed E-state index contributed by atoms with van der Waals surface area (Å²) in [5.41, 5.74) is 7.66. The summed E-state index contributed by atoms with van der Waals surface area (Å²) >= 11 is 0. The van der Waals surface area contributed by atoms with E-state index in [4.69, 9.17) is 9.16 Å². The van der Waals surface area contributed by atoms with E-state index in [1.165, 1.54) is 27.6 Å². The van der Waals surface area contributed by atoms with Gasteiger partial charge in [-0.2, -0.15) is 0 Å². The van der Waals surface area contributed by atoms with Crippen LogP contribution in [0.3, 0.4) is 0 Å². The first-order valence-corrected chi connectivity index (χ1v) is 16.9. The summed E-state index contributed by atoms with van der Waals surface area (Å²) in [6, 6.07) is 13.2. The van der Waals surface area contributed by atoms with Crippen molar-refractivity contribution in [3.05, 3.63) is 59.3 Å². The summed E-state index contributed by atoms with van der Waals surface area (Å²) in [5, 5.41) is 4.61. The lowest BCUT2D eigenvalue weighted by atomic mass is 9.99. The number of ether oxygens (including phenoxy) is 1. The van der Waals surface area contributed by atoms with Crippen molar-refractivity contribution in [3.63, 3.8) is 0 Å². The molecule has 0 aliphatic rings. The predicted octanol–water partition coefficient (Wildman–Crippen LogP) is 9.04. The van der Waals surface area contributed by atoms with E-state index in [1.54, 1.807) is 0 Å². The van der Waals surface area contributed by atoms with E-state index in [1.807, 2.05) is 6.92 Å². The number of aryl methyl sites for hydroxylation is 1. The number of esters is 1. The largest absolute Gasteiger partial charge is 0.542 e. The van der Waals surface area contributed by atoms with Crippen LogP contribution in [0.15, 0.2) is 42.6 Å². The molecule has 0 bridgehead atoms. The number of nitrogens with zero attached hydrogens (tertiary/aromatic N) is 1. The number of anilines is 1. The van der Waals surface area contributed by atoms with Gasteiger partial charge in [0.1, 0.15) is 5.75 Å². The average Bonchev–Trinajstić information content (AvgIpc) is 3.28. The summed E-state index contributed by atoms with van der Waals surface area (Å²) < 4.78 is 14.5. The Morgan fingerprint density at radius 1 is 0.949 bits per heavy atom. The molecule has 0 aliphatic heterocycles. The quantitative estimate of drug-likeness (QED) is 0.170. The van der Waals surface area contributed by atoms with E-state index in [9.17, 15) is 4.79 Å².